The Bertz CT molecular complexity index is 613. The number of nitrogens with zero attached hydrogens (tertiary/aromatic N) is 2. The number of aromatic amines is 1. The SMILES string of the molecule is O=C(O)c1nn[nH]c1Sc1ccc(SC(F)(F)F)cc1. The van der Waals surface area contributed by atoms with Gasteiger partial charge in [0.15, 0.2) is 0 Å². The molecule has 0 bridgehead atoms. The fourth-order valence-corrected chi connectivity index (χ4v) is 2.62. The Labute approximate surface area is 119 Å². The third-order valence-electron chi connectivity index (χ3n) is 2.00. The van der Waals surface area contributed by atoms with Crippen molar-refractivity contribution in [3.63, 3.8) is 0 Å². The molecular weight excluding hydrogens is 315 g/mol. The molecule has 2 aromatic rings. The average Bonchev–Trinajstić information content (AvgIpc) is 2.78. The predicted molar refractivity (Wildman–Crippen MR) is 65.8 cm³/mol. The van der Waals surface area contributed by atoms with Crippen LogP contribution in [0.15, 0.2) is 39.1 Å². The van der Waals surface area contributed by atoms with Gasteiger partial charge in [0.2, 0.25) is 5.69 Å². The number of benzene rings is 1. The number of carboxylic acid groups (broad SMARTS) is 1. The van der Waals surface area contributed by atoms with E-state index >= 15 is 0 Å². The van der Waals surface area contributed by atoms with Gasteiger partial charge >= 0.3 is 11.5 Å². The van der Waals surface area contributed by atoms with E-state index in [1.165, 1.54) is 24.3 Å². The second-order valence-electron chi connectivity index (χ2n) is 3.42. The highest BCUT2D eigenvalue weighted by atomic mass is 32.2. The highest BCUT2D eigenvalue weighted by Gasteiger charge is 2.29. The number of carboxylic acids is 1. The second-order valence-corrected chi connectivity index (χ2v) is 5.64. The molecule has 0 radical (unpaired) electrons. The molecule has 106 valence electrons. The van der Waals surface area contributed by atoms with Crippen molar-refractivity contribution in [1.82, 2.24) is 15.4 Å². The first-order valence-corrected chi connectivity index (χ1v) is 6.66. The van der Waals surface area contributed by atoms with E-state index in [-0.39, 0.29) is 27.4 Å². The van der Waals surface area contributed by atoms with E-state index in [4.69, 9.17) is 5.11 Å². The average molecular weight is 321 g/mol. The highest BCUT2D eigenvalue weighted by molar-refractivity contribution is 8.00. The molecule has 0 atom stereocenters. The number of aromatic carboxylic acids is 1. The summed E-state index contributed by atoms with van der Waals surface area (Å²) in [5.41, 5.74) is -4.57. The van der Waals surface area contributed by atoms with Crippen LogP contribution in [0.2, 0.25) is 0 Å². The van der Waals surface area contributed by atoms with Crippen molar-refractivity contribution in [2.24, 2.45) is 0 Å². The van der Waals surface area contributed by atoms with Crippen LogP contribution in [0.25, 0.3) is 0 Å². The number of rotatable bonds is 4. The summed E-state index contributed by atoms with van der Waals surface area (Å²) >= 11 is 0.814. The molecule has 10 heteroatoms. The van der Waals surface area contributed by atoms with Crippen LogP contribution in [-0.2, 0) is 0 Å². The Kier molecular flexibility index (Phi) is 4.23. The highest BCUT2D eigenvalue weighted by Crippen LogP contribution is 2.38. The largest absolute Gasteiger partial charge is 0.476 e. The molecule has 0 spiro atoms. The molecule has 0 fully saturated rings. The lowest BCUT2D eigenvalue weighted by Gasteiger charge is -2.06. The van der Waals surface area contributed by atoms with Gasteiger partial charge in [-0.05, 0) is 36.0 Å². The topological polar surface area (TPSA) is 78.9 Å². The van der Waals surface area contributed by atoms with E-state index in [9.17, 15) is 18.0 Å². The maximum Gasteiger partial charge on any atom is 0.446 e. The van der Waals surface area contributed by atoms with Crippen LogP contribution in [0.3, 0.4) is 0 Å². The summed E-state index contributed by atoms with van der Waals surface area (Å²) in [6, 6.07) is 5.55. The first-order valence-electron chi connectivity index (χ1n) is 5.03. The van der Waals surface area contributed by atoms with Gasteiger partial charge in [-0.25, -0.2) is 4.79 Å². The number of hydrogen-bond acceptors (Lipinski definition) is 5. The van der Waals surface area contributed by atoms with Gasteiger partial charge in [0.05, 0.1) is 0 Å². The lowest BCUT2D eigenvalue weighted by Crippen LogP contribution is -1.99. The maximum atomic E-state index is 12.2. The smallest absolute Gasteiger partial charge is 0.446 e. The lowest BCUT2D eigenvalue weighted by atomic mass is 10.4. The summed E-state index contributed by atoms with van der Waals surface area (Å²) in [5, 5.41) is 18.3. The van der Waals surface area contributed by atoms with Crippen molar-refractivity contribution in [2.75, 3.05) is 0 Å². The van der Waals surface area contributed by atoms with E-state index < -0.39 is 11.5 Å². The van der Waals surface area contributed by atoms with Crippen molar-refractivity contribution in [2.45, 2.75) is 20.3 Å². The molecule has 1 aromatic carbocycles. The molecule has 0 aliphatic heterocycles. The molecule has 20 heavy (non-hydrogen) atoms. The predicted octanol–water partition coefficient (Wildman–Crippen LogP) is 3.27. The van der Waals surface area contributed by atoms with Gasteiger partial charge in [-0.3, -0.25) is 5.10 Å². The van der Waals surface area contributed by atoms with E-state index in [1.54, 1.807) is 0 Å². The molecule has 1 heterocycles. The minimum Gasteiger partial charge on any atom is -0.476 e. The van der Waals surface area contributed by atoms with Gasteiger partial charge in [0, 0.05) is 9.79 Å². The summed E-state index contributed by atoms with van der Waals surface area (Å²) in [6.07, 6.45) is 0. The number of nitrogens with one attached hydrogen (secondary N) is 1. The van der Waals surface area contributed by atoms with Crippen molar-refractivity contribution in [3.8, 4) is 0 Å². The fourth-order valence-electron chi connectivity index (χ4n) is 1.26. The molecule has 0 saturated carbocycles. The van der Waals surface area contributed by atoms with Crippen molar-refractivity contribution < 1.29 is 23.1 Å². The van der Waals surface area contributed by atoms with Crippen molar-refractivity contribution in [1.29, 1.82) is 0 Å². The van der Waals surface area contributed by atoms with Crippen molar-refractivity contribution in [3.05, 3.63) is 30.0 Å². The van der Waals surface area contributed by atoms with Crippen LogP contribution < -0.4 is 0 Å². The summed E-state index contributed by atoms with van der Waals surface area (Å²) in [4.78, 5) is 11.5. The number of thioether (sulfide) groups is 1. The van der Waals surface area contributed by atoms with E-state index in [2.05, 4.69) is 15.4 Å². The monoisotopic (exact) mass is 321 g/mol. The Morgan fingerprint density at radius 2 is 1.80 bits per heavy atom. The van der Waals surface area contributed by atoms with Crippen LogP contribution >= 0.6 is 23.5 Å². The fraction of sp³-hybridized carbons (Fsp3) is 0.100. The van der Waals surface area contributed by atoms with Crippen LogP contribution in [0.1, 0.15) is 10.5 Å². The molecule has 2 N–H and O–H groups in total. The summed E-state index contributed by atoms with van der Waals surface area (Å²) in [6.45, 7) is 0. The van der Waals surface area contributed by atoms with E-state index in [0.29, 0.717) is 4.90 Å². The molecular formula is C10H6F3N3O2S2. The summed E-state index contributed by atoms with van der Waals surface area (Å²) in [5.74, 6) is -1.23. The number of halogens is 3. The van der Waals surface area contributed by atoms with Gasteiger partial charge in [0.1, 0.15) is 5.03 Å². The minimum atomic E-state index is -4.33. The van der Waals surface area contributed by atoms with E-state index in [1.807, 2.05) is 0 Å². The van der Waals surface area contributed by atoms with Gasteiger partial charge < -0.3 is 5.11 Å². The molecule has 0 aliphatic rings. The molecule has 1 aromatic heterocycles. The Hall–Kier alpha value is -1.68. The number of alkyl halides is 3. The standard InChI is InChI=1S/C10H6F3N3O2S2/c11-10(12,13)20-6-3-1-5(2-4-6)19-8-7(9(17)18)14-16-15-8/h1-4H,(H,17,18)(H,14,15,16). The van der Waals surface area contributed by atoms with Gasteiger partial charge in [-0.15, -0.1) is 5.10 Å². The third-order valence-corrected chi connectivity index (χ3v) is 3.73. The zero-order chi connectivity index (χ0) is 14.8. The van der Waals surface area contributed by atoms with Gasteiger partial charge in [-0.1, -0.05) is 17.0 Å². The number of H-pyrrole nitrogens is 1. The maximum absolute atomic E-state index is 12.2. The third kappa shape index (κ3) is 3.90. The quantitative estimate of drug-likeness (QED) is 0.842. The zero-order valence-electron chi connectivity index (χ0n) is 9.51. The van der Waals surface area contributed by atoms with Crippen molar-refractivity contribution >= 4 is 29.5 Å². The van der Waals surface area contributed by atoms with Crippen LogP contribution in [0, 0.1) is 0 Å². The molecule has 0 saturated heterocycles. The number of aromatic nitrogens is 3. The summed E-state index contributed by atoms with van der Waals surface area (Å²) < 4.78 is 36.5. The van der Waals surface area contributed by atoms with E-state index in [0.717, 1.165) is 11.8 Å². The first kappa shape index (κ1) is 14.7. The van der Waals surface area contributed by atoms with Crippen LogP contribution in [-0.4, -0.2) is 32.0 Å². The zero-order valence-corrected chi connectivity index (χ0v) is 11.1. The minimum absolute atomic E-state index is 0.0584. The van der Waals surface area contributed by atoms with Crippen LogP contribution in [0.4, 0.5) is 13.2 Å². The number of hydrogen-bond donors (Lipinski definition) is 2. The second kappa shape index (κ2) is 5.75. The molecule has 0 aliphatic carbocycles. The normalized spacial score (nSPS) is 11.6. The Balaban J connectivity index is 2.11. The lowest BCUT2D eigenvalue weighted by molar-refractivity contribution is -0.0328. The molecule has 2 rings (SSSR count). The number of carbonyl (C=O) groups is 1. The molecule has 0 amide bonds. The van der Waals surface area contributed by atoms with Crippen LogP contribution in [0.5, 0.6) is 0 Å². The first-order chi connectivity index (χ1) is 9.35. The van der Waals surface area contributed by atoms with Gasteiger partial charge in [0.25, 0.3) is 0 Å². The Morgan fingerprint density at radius 3 is 2.35 bits per heavy atom. The van der Waals surface area contributed by atoms with Gasteiger partial charge in [-0.2, -0.15) is 13.2 Å². The molecule has 5 nitrogen and oxygen atoms in total. The molecule has 0 unspecified atom stereocenters. The Morgan fingerprint density at radius 1 is 1.20 bits per heavy atom. The summed E-state index contributed by atoms with van der Waals surface area (Å²) in [7, 11) is 0.